The highest BCUT2D eigenvalue weighted by Gasteiger charge is 2.24. The maximum atomic E-state index is 12.8. The third-order valence-electron chi connectivity index (χ3n) is 4.29. The topological polar surface area (TPSA) is 68.4 Å². The van der Waals surface area contributed by atoms with Gasteiger partial charge in [-0.15, -0.1) is 0 Å². The molecule has 0 aliphatic heterocycles. The number of carbonyl (C=O) groups excluding carboxylic acids is 2. The van der Waals surface area contributed by atoms with Crippen LogP contribution < -0.4 is 0 Å². The van der Waals surface area contributed by atoms with Crippen LogP contribution in [-0.2, 0) is 16.1 Å². The Balaban J connectivity index is 1.76. The zero-order chi connectivity index (χ0) is 18.7. The van der Waals surface area contributed by atoms with Crippen molar-refractivity contribution in [3.8, 4) is 0 Å². The van der Waals surface area contributed by atoms with Crippen LogP contribution in [0.3, 0.4) is 0 Å². The van der Waals surface area contributed by atoms with Gasteiger partial charge in [0, 0.05) is 29.3 Å². The minimum atomic E-state index is -0.876. The second-order valence-corrected chi connectivity index (χ2v) is 6.21. The van der Waals surface area contributed by atoms with Gasteiger partial charge in [-0.05, 0) is 37.6 Å². The van der Waals surface area contributed by atoms with E-state index in [1.807, 2.05) is 31.2 Å². The highest BCUT2D eigenvalue weighted by atomic mass is 16.5. The highest BCUT2D eigenvalue weighted by molar-refractivity contribution is 6.11. The van der Waals surface area contributed by atoms with Crippen LogP contribution in [0.4, 0.5) is 0 Å². The minimum absolute atomic E-state index is 0.218. The summed E-state index contributed by atoms with van der Waals surface area (Å²) < 4.78 is 10.4. The number of aromatic nitrogens is 1. The summed E-state index contributed by atoms with van der Waals surface area (Å²) in [5.74, 6) is -0.739. The molecule has 0 aliphatic rings. The van der Waals surface area contributed by atoms with Crippen LogP contribution in [0.25, 0.3) is 10.9 Å². The molecular weight excluding hydrogens is 330 g/mol. The van der Waals surface area contributed by atoms with Gasteiger partial charge in [0.15, 0.2) is 6.10 Å². The third kappa shape index (κ3) is 3.53. The first kappa shape index (κ1) is 17.9. The first-order chi connectivity index (χ1) is 12.5. The number of rotatable bonds is 6. The van der Waals surface area contributed by atoms with Gasteiger partial charge in [-0.25, -0.2) is 4.79 Å². The van der Waals surface area contributed by atoms with E-state index in [1.165, 1.54) is 0 Å². The van der Waals surface area contributed by atoms with Crippen molar-refractivity contribution in [2.24, 2.45) is 0 Å². The Morgan fingerprint density at radius 3 is 2.46 bits per heavy atom. The summed E-state index contributed by atoms with van der Waals surface area (Å²) >= 11 is 0. The summed E-state index contributed by atoms with van der Waals surface area (Å²) in [4.78, 5) is 28.4. The predicted molar refractivity (Wildman–Crippen MR) is 99.4 cm³/mol. The maximum Gasteiger partial charge on any atom is 0.338 e. The number of aryl methyl sites for hydroxylation is 1. The number of ether oxygens (including phenoxy) is 2. The Kier molecular flexibility index (Phi) is 5.19. The number of esters is 1. The van der Waals surface area contributed by atoms with E-state index in [1.54, 1.807) is 38.3 Å². The molecule has 0 amide bonds. The molecule has 26 heavy (non-hydrogen) atoms. The number of nitrogens with one attached hydrogen (secondary N) is 1. The van der Waals surface area contributed by atoms with E-state index in [-0.39, 0.29) is 5.78 Å². The monoisotopic (exact) mass is 351 g/mol. The molecule has 0 spiro atoms. The van der Waals surface area contributed by atoms with Gasteiger partial charge in [0.25, 0.3) is 0 Å². The van der Waals surface area contributed by atoms with Crippen molar-refractivity contribution in [3.63, 3.8) is 0 Å². The number of hydrogen-bond donors (Lipinski definition) is 1. The minimum Gasteiger partial charge on any atom is -0.451 e. The summed E-state index contributed by atoms with van der Waals surface area (Å²) in [5.41, 5.74) is 3.59. The molecule has 0 aliphatic carbocycles. The molecule has 1 N–H and O–H groups in total. The molecule has 3 aromatic rings. The number of para-hydroxylation sites is 1. The summed E-state index contributed by atoms with van der Waals surface area (Å²) in [6.45, 7) is 3.92. The van der Waals surface area contributed by atoms with Crippen LogP contribution in [0, 0.1) is 6.92 Å². The van der Waals surface area contributed by atoms with Crippen LogP contribution in [0.15, 0.2) is 48.5 Å². The van der Waals surface area contributed by atoms with Crippen LogP contribution in [0.1, 0.15) is 38.9 Å². The van der Waals surface area contributed by atoms with Gasteiger partial charge in [-0.1, -0.05) is 30.3 Å². The molecule has 1 unspecified atom stereocenters. The zero-order valence-corrected chi connectivity index (χ0v) is 15.0. The van der Waals surface area contributed by atoms with Gasteiger partial charge in [0.2, 0.25) is 5.78 Å². The van der Waals surface area contributed by atoms with Crippen molar-refractivity contribution in [2.45, 2.75) is 26.6 Å². The Morgan fingerprint density at radius 2 is 1.77 bits per heavy atom. The first-order valence-electron chi connectivity index (χ1n) is 8.41. The van der Waals surface area contributed by atoms with Crippen LogP contribution in [0.2, 0.25) is 0 Å². The van der Waals surface area contributed by atoms with E-state index in [4.69, 9.17) is 9.47 Å². The molecule has 0 saturated carbocycles. The molecule has 3 rings (SSSR count). The van der Waals surface area contributed by atoms with E-state index in [0.717, 1.165) is 22.2 Å². The Bertz CT molecular complexity index is 940. The lowest BCUT2D eigenvalue weighted by Gasteiger charge is -2.13. The predicted octanol–water partition coefficient (Wildman–Crippen LogP) is 4.05. The van der Waals surface area contributed by atoms with Crippen molar-refractivity contribution >= 4 is 22.7 Å². The van der Waals surface area contributed by atoms with Crippen LogP contribution in [-0.4, -0.2) is 30.0 Å². The zero-order valence-electron chi connectivity index (χ0n) is 15.0. The van der Waals surface area contributed by atoms with Crippen molar-refractivity contribution < 1.29 is 19.1 Å². The summed E-state index contributed by atoms with van der Waals surface area (Å²) in [5, 5.41) is 0.835. The number of fused-ring (bicyclic) bond motifs is 1. The van der Waals surface area contributed by atoms with Gasteiger partial charge in [-0.2, -0.15) is 0 Å². The maximum absolute atomic E-state index is 12.8. The second kappa shape index (κ2) is 7.54. The lowest BCUT2D eigenvalue weighted by atomic mass is 10.0. The van der Waals surface area contributed by atoms with Gasteiger partial charge >= 0.3 is 5.97 Å². The lowest BCUT2D eigenvalue weighted by Crippen LogP contribution is -2.24. The number of methoxy groups -OCH3 is 1. The van der Waals surface area contributed by atoms with E-state index >= 15 is 0 Å². The molecule has 0 bridgehead atoms. The molecule has 1 atom stereocenters. The molecule has 5 nitrogen and oxygen atoms in total. The number of aromatic amines is 1. The van der Waals surface area contributed by atoms with Gasteiger partial charge in [0.1, 0.15) is 0 Å². The van der Waals surface area contributed by atoms with E-state index < -0.39 is 12.1 Å². The molecule has 134 valence electrons. The smallest absolute Gasteiger partial charge is 0.338 e. The van der Waals surface area contributed by atoms with Gasteiger partial charge < -0.3 is 14.5 Å². The molecule has 1 heterocycles. The Morgan fingerprint density at radius 1 is 1.08 bits per heavy atom. The fourth-order valence-electron chi connectivity index (χ4n) is 2.98. The van der Waals surface area contributed by atoms with Gasteiger partial charge in [0.05, 0.1) is 12.2 Å². The fraction of sp³-hybridized carbons (Fsp3) is 0.238. The largest absolute Gasteiger partial charge is 0.451 e. The highest BCUT2D eigenvalue weighted by Crippen LogP contribution is 2.24. The second-order valence-electron chi connectivity index (χ2n) is 6.21. The molecule has 0 radical (unpaired) electrons. The van der Waals surface area contributed by atoms with E-state index in [2.05, 4.69) is 4.98 Å². The molecular formula is C21H21NO4. The number of benzene rings is 2. The van der Waals surface area contributed by atoms with Crippen molar-refractivity contribution in [2.75, 3.05) is 7.11 Å². The SMILES string of the molecule is COCc1ccc(C(=O)OC(C)C(=O)c2c(C)[nH]c3ccccc23)cc1. The van der Waals surface area contributed by atoms with E-state index in [9.17, 15) is 9.59 Å². The number of Topliss-reactive ketones (excluding diaryl/α,β-unsaturated/α-hetero) is 1. The number of ketones is 1. The number of carbonyl (C=O) groups is 2. The molecule has 0 fully saturated rings. The summed E-state index contributed by atoms with van der Waals surface area (Å²) in [6, 6.07) is 14.5. The fourth-order valence-corrected chi connectivity index (χ4v) is 2.98. The van der Waals surface area contributed by atoms with Crippen molar-refractivity contribution in [3.05, 3.63) is 70.9 Å². The molecule has 2 aromatic carbocycles. The number of H-pyrrole nitrogens is 1. The van der Waals surface area contributed by atoms with Gasteiger partial charge in [-0.3, -0.25) is 4.79 Å². The summed E-state index contributed by atoms with van der Waals surface area (Å²) in [7, 11) is 1.61. The van der Waals surface area contributed by atoms with Crippen LogP contribution >= 0.6 is 0 Å². The number of hydrogen-bond acceptors (Lipinski definition) is 4. The molecule has 0 saturated heterocycles. The summed E-state index contributed by atoms with van der Waals surface area (Å²) in [6.07, 6.45) is -0.876. The Hall–Kier alpha value is -2.92. The van der Waals surface area contributed by atoms with Crippen molar-refractivity contribution in [1.82, 2.24) is 4.98 Å². The lowest BCUT2D eigenvalue weighted by molar-refractivity contribution is 0.0319. The normalized spacial score (nSPS) is 12.1. The average molecular weight is 351 g/mol. The third-order valence-corrected chi connectivity index (χ3v) is 4.29. The first-order valence-corrected chi connectivity index (χ1v) is 8.41. The molecule has 1 aromatic heterocycles. The Labute approximate surface area is 151 Å². The molecule has 5 heteroatoms. The quantitative estimate of drug-likeness (QED) is 0.537. The van der Waals surface area contributed by atoms with E-state index in [0.29, 0.717) is 17.7 Å². The van der Waals surface area contributed by atoms with Crippen molar-refractivity contribution in [1.29, 1.82) is 0 Å². The standard InChI is InChI=1S/C21H21NO4/c1-13-19(17-6-4-5-7-18(17)22-13)20(23)14(2)26-21(24)16-10-8-15(9-11-16)12-25-3/h4-11,14,22H,12H2,1-3H3. The average Bonchev–Trinajstić information content (AvgIpc) is 2.97. The van der Waals surface area contributed by atoms with Crippen LogP contribution in [0.5, 0.6) is 0 Å².